The van der Waals surface area contributed by atoms with Crippen LogP contribution in [-0.4, -0.2) is 83.5 Å². The van der Waals surface area contributed by atoms with Crippen LogP contribution in [0.1, 0.15) is 26.2 Å². The molecule has 0 aromatic rings. The lowest BCUT2D eigenvalue weighted by molar-refractivity contribution is -0.136. The molecule has 0 unspecified atom stereocenters. The van der Waals surface area contributed by atoms with E-state index in [-0.39, 0.29) is 13.3 Å². The molecule has 0 bridgehead atoms. The molecule has 9 heteroatoms. The molecule has 0 radical (unpaired) electrons. The van der Waals surface area contributed by atoms with Crippen LogP contribution in [0.15, 0.2) is 0 Å². The monoisotopic (exact) mass is 364 g/mol. The summed E-state index contributed by atoms with van der Waals surface area (Å²) in [6.45, 7) is 9.32. The first-order chi connectivity index (χ1) is 12.3. The number of aliphatic carboxylic acids is 1. The molecule has 150 valence electrons. The first-order valence-corrected chi connectivity index (χ1v) is 9.11. The van der Waals surface area contributed by atoms with Gasteiger partial charge in [0, 0.05) is 39.4 Å². The van der Waals surface area contributed by atoms with Crippen LogP contribution in [0.3, 0.4) is 0 Å². The lowest BCUT2D eigenvalue weighted by Crippen LogP contribution is -2.35. The van der Waals surface area contributed by atoms with Gasteiger partial charge < -0.3 is 25.2 Å². The van der Waals surface area contributed by atoms with E-state index in [4.69, 9.17) is 19.4 Å². The Morgan fingerprint density at radius 3 is 2.32 bits per heavy atom. The fourth-order valence-corrected chi connectivity index (χ4v) is 1.89. The van der Waals surface area contributed by atoms with Gasteiger partial charge in [-0.2, -0.15) is 5.48 Å². The van der Waals surface area contributed by atoms with Gasteiger partial charge in [-0.05, 0) is 32.7 Å². The highest BCUT2D eigenvalue weighted by atomic mass is 16.7. The van der Waals surface area contributed by atoms with Gasteiger partial charge in [0.1, 0.15) is 6.73 Å². The van der Waals surface area contributed by atoms with Gasteiger partial charge in [-0.3, -0.25) is 14.9 Å². The summed E-state index contributed by atoms with van der Waals surface area (Å²) < 4.78 is 10.7. The third kappa shape index (κ3) is 23.2. The highest BCUT2D eigenvalue weighted by Gasteiger charge is 1.94. The fourth-order valence-electron chi connectivity index (χ4n) is 1.89. The zero-order valence-corrected chi connectivity index (χ0v) is 15.5. The van der Waals surface area contributed by atoms with Gasteiger partial charge in [-0.1, -0.05) is 0 Å². The van der Waals surface area contributed by atoms with Crippen molar-refractivity contribution in [2.75, 3.05) is 72.4 Å². The van der Waals surface area contributed by atoms with Crippen molar-refractivity contribution in [1.82, 2.24) is 21.4 Å². The lowest BCUT2D eigenvalue weighted by Gasteiger charge is -2.08. The van der Waals surface area contributed by atoms with E-state index in [0.29, 0.717) is 19.8 Å². The topological polar surface area (TPSA) is 113 Å². The molecule has 0 aliphatic rings. The Labute approximate surface area is 151 Å². The molecular formula is C16H36N4O5. The van der Waals surface area contributed by atoms with Gasteiger partial charge in [0.05, 0.1) is 19.8 Å². The minimum absolute atomic E-state index is 0.105. The van der Waals surface area contributed by atoms with Crippen molar-refractivity contribution in [1.29, 1.82) is 0 Å². The molecule has 0 heterocycles. The Kier molecular flexibility index (Phi) is 20.5. The van der Waals surface area contributed by atoms with Crippen LogP contribution in [0.4, 0.5) is 0 Å². The van der Waals surface area contributed by atoms with Crippen LogP contribution in [0.2, 0.25) is 0 Å². The summed E-state index contributed by atoms with van der Waals surface area (Å²) in [5.74, 6) is -0.899. The SMILES string of the molecule is CCOCCOCCCCCNCCNCCNOCNCC(=O)O. The third-order valence-electron chi connectivity index (χ3n) is 3.15. The highest BCUT2D eigenvalue weighted by Crippen LogP contribution is 1.94. The maximum absolute atomic E-state index is 10.2. The largest absolute Gasteiger partial charge is 0.480 e. The summed E-state index contributed by atoms with van der Waals surface area (Å²) in [6.07, 6.45) is 3.43. The molecule has 0 aromatic heterocycles. The average Bonchev–Trinajstić information content (AvgIpc) is 2.60. The standard InChI is InChI=1S/C16H36N4O5/c1-2-23-12-13-24-11-5-3-4-6-17-7-8-18-9-10-20-25-15-19-14-16(21)22/h17-20H,2-15H2,1H3,(H,21,22). The predicted molar refractivity (Wildman–Crippen MR) is 96.5 cm³/mol. The predicted octanol–water partition coefficient (Wildman–Crippen LogP) is -0.458. The van der Waals surface area contributed by atoms with Gasteiger partial charge in [0.25, 0.3) is 0 Å². The molecule has 0 spiro atoms. The van der Waals surface area contributed by atoms with E-state index in [1.54, 1.807) is 0 Å². The van der Waals surface area contributed by atoms with Crippen LogP contribution in [-0.2, 0) is 19.1 Å². The van der Waals surface area contributed by atoms with Crippen molar-refractivity contribution >= 4 is 5.97 Å². The molecule has 0 atom stereocenters. The maximum atomic E-state index is 10.2. The molecule has 25 heavy (non-hydrogen) atoms. The van der Waals surface area contributed by atoms with Crippen molar-refractivity contribution in [3.63, 3.8) is 0 Å². The summed E-state index contributed by atoms with van der Waals surface area (Å²) in [5, 5.41) is 17.7. The second-order valence-corrected chi connectivity index (χ2v) is 5.37. The van der Waals surface area contributed by atoms with Crippen molar-refractivity contribution in [2.45, 2.75) is 26.2 Å². The van der Waals surface area contributed by atoms with E-state index in [2.05, 4.69) is 21.4 Å². The van der Waals surface area contributed by atoms with E-state index >= 15 is 0 Å². The number of nitrogens with one attached hydrogen (secondary N) is 4. The van der Waals surface area contributed by atoms with Crippen LogP contribution in [0.5, 0.6) is 0 Å². The molecule has 9 nitrogen and oxygen atoms in total. The number of rotatable bonds is 21. The molecule has 0 fully saturated rings. The van der Waals surface area contributed by atoms with E-state index in [9.17, 15) is 4.79 Å². The summed E-state index contributed by atoms with van der Waals surface area (Å²) in [7, 11) is 0. The molecule has 0 saturated heterocycles. The summed E-state index contributed by atoms with van der Waals surface area (Å²) in [4.78, 5) is 15.2. The van der Waals surface area contributed by atoms with E-state index < -0.39 is 5.97 Å². The number of ether oxygens (including phenoxy) is 2. The van der Waals surface area contributed by atoms with Gasteiger partial charge in [-0.15, -0.1) is 0 Å². The highest BCUT2D eigenvalue weighted by molar-refractivity contribution is 5.68. The van der Waals surface area contributed by atoms with Gasteiger partial charge in [0.2, 0.25) is 0 Å². The van der Waals surface area contributed by atoms with Crippen molar-refractivity contribution in [2.24, 2.45) is 0 Å². The molecule has 0 aliphatic carbocycles. The normalized spacial score (nSPS) is 11.1. The lowest BCUT2D eigenvalue weighted by atomic mass is 10.2. The van der Waals surface area contributed by atoms with Gasteiger partial charge in [0.15, 0.2) is 0 Å². The number of hydrogen-bond donors (Lipinski definition) is 5. The molecule has 0 rings (SSSR count). The zero-order valence-electron chi connectivity index (χ0n) is 15.5. The van der Waals surface area contributed by atoms with Crippen molar-refractivity contribution in [3.8, 4) is 0 Å². The Balaban J connectivity index is 2.97. The fraction of sp³-hybridized carbons (Fsp3) is 0.938. The average molecular weight is 364 g/mol. The first kappa shape index (κ1) is 24.2. The van der Waals surface area contributed by atoms with Crippen LogP contribution < -0.4 is 21.4 Å². The number of carbonyl (C=O) groups is 1. The van der Waals surface area contributed by atoms with Crippen LogP contribution in [0.25, 0.3) is 0 Å². The Morgan fingerprint density at radius 1 is 0.840 bits per heavy atom. The number of unbranched alkanes of at least 4 members (excludes halogenated alkanes) is 2. The van der Waals surface area contributed by atoms with Gasteiger partial charge in [-0.25, -0.2) is 0 Å². The molecule has 0 aliphatic heterocycles. The van der Waals surface area contributed by atoms with E-state index in [1.807, 2.05) is 6.92 Å². The molecule has 5 N–H and O–H groups in total. The third-order valence-corrected chi connectivity index (χ3v) is 3.15. The maximum Gasteiger partial charge on any atom is 0.317 e. The second kappa shape index (κ2) is 21.2. The summed E-state index contributed by atoms with van der Waals surface area (Å²) >= 11 is 0. The van der Waals surface area contributed by atoms with E-state index in [0.717, 1.165) is 52.2 Å². The zero-order chi connectivity index (χ0) is 18.4. The Bertz CT molecular complexity index is 285. The molecule has 0 saturated carbocycles. The van der Waals surface area contributed by atoms with Crippen molar-refractivity contribution < 1.29 is 24.2 Å². The minimum atomic E-state index is -0.899. The van der Waals surface area contributed by atoms with Crippen molar-refractivity contribution in [3.05, 3.63) is 0 Å². The Hall–Kier alpha value is -0.810. The number of carboxylic acids is 1. The smallest absolute Gasteiger partial charge is 0.317 e. The molecular weight excluding hydrogens is 328 g/mol. The molecule has 0 aromatic carbocycles. The number of hydroxylamine groups is 1. The quantitative estimate of drug-likeness (QED) is 0.105. The minimum Gasteiger partial charge on any atom is -0.480 e. The van der Waals surface area contributed by atoms with Gasteiger partial charge >= 0.3 is 5.97 Å². The number of hydrogen-bond acceptors (Lipinski definition) is 8. The number of carboxylic acid groups (broad SMARTS) is 1. The molecule has 0 amide bonds. The van der Waals surface area contributed by atoms with Crippen LogP contribution >= 0.6 is 0 Å². The Morgan fingerprint density at radius 2 is 1.56 bits per heavy atom. The summed E-state index contributed by atoms with van der Waals surface area (Å²) in [5.41, 5.74) is 2.75. The van der Waals surface area contributed by atoms with E-state index in [1.165, 1.54) is 6.42 Å². The van der Waals surface area contributed by atoms with Crippen LogP contribution in [0, 0.1) is 0 Å². The summed E-state index contributed by atoms with van der Waals surface area (Å²) in [6, 6.07) is 0. The first-order valence-electron chi connectivity index (χ1n) is 9.11. The second-order valence-electron chi connectivity index (χ2n) is 5.37.